The fraction of sp³-hybridized carbons (Fsp3) is 0.500. The Labute approximate surface area is 107 Å². The number of carboxylic acid groups (broad SMARTS) is 1. The van der Waals surface area contributed by atoms with Crippen LogP contribution in [0.25, 0.3) is 0 Å². The van der Waals surface area contributed by atoms with E-state index in [2.05, 4.69) is 0 Å². The third kappa shape index (κ3) is 3.31. The molecule has 0 radical (unpaired) electrons. The van der Waals surface area contributed by atoms with Crippen LogP contribution in [0.3, 0.4) is 0 Å². The molecule has 0 saturated carbocycles. The molecule has 18 heavy (non-hydrogen) atoms. The quantitative estimate of drug-likeness (QED) is 0.874. The molecule has 1 unspecified atom stereocenters. The first-order valence-electron chi connectivity index (χ1n) is 6.27. The summed E-state index contributed by atoms with van der Waals surface area (Å²) in [6.07, 6.45) is 0.551. The monoisotopic (exact) mass is 249 g/mol. The molecule has 0 amide bonds. The number of benzene rings is 1. The Morgan fingerprint density at radius 3 is 2.50 bits per heavy atom. The van der Waals surface area contributed by atoms with Crippen LogP contribution in [0.2, 0.25) is 0 Å². The maximum absolute atomic E-state index is 11.4. The fourth-order valence-corrected chi connectivity index (χ4v) is 2.21. The molecule has 1 aromatic rings. The number of morpholine rings is 1. The first kappa shape index (κ1) is 13.1. The highest BCUT2D eigenvalue weighted by Gasteiger charge is 2.27. The Hall–Kier alpha value is -1.39. The standard InChI is InChI=1S/C14H19NO3/c1-11-2-4-12(5-3-11)10-13(14(16)17)15-6-8-18-9-7-15/h2-5,13H,6-10H2,1H3,(H,16,17). The normalized spacial score (nSPS) is 18.5. The van der Waals surface area contributed by atoms with Crippen molar-refractivity contribution in [2.24, 2.45) is 0 Å². The molecule has 98 valence electrons. The molecule has 0 aliphatic carbocycles. The van der Waals surface area contributed by atoms with Gasteiger partial charge in [0.15, 0.2) is 0 Å². The summed E-state index contributed by atoms with van der Waals surface area (Å²) in [5.74, 6) is -0.752. The highest BCUT2D eigenvalue weighted by atomic mass is 16.5. The van der Waals surface area contributed by atoms with E-state index in [9.17, 15) is 9.90 Å². The average Bonchev–Trinajstić information content (AvgIpc) is 2.38. The van der Waals surface area contributed by atoms with Crippen molar-refractivity contribution >= 4 is 5.97 Å². The van der Waals surface area contributed by atoms with Gasteiger partial charge in [-0.3, -0.25) is 9.69 Å². The van der Waals surface area contributed by atoms with Gasteiger partial charge in [-0.2, -0.15) is 0 Å². The van der Waals surface area contributed by atoms with Crippen molar-refractivity contribution in [3.8, 4) is 0 Å². The summed E-state index contributed by atoms with van der Waals surface area (Å²) in [6, 6.07) is 7.61. The summed E-state index contributed by atoms with van der Waals surface area (Å²) < 4.78 is 5.26. The zero-order valence-electron chi connectivity index (χ0n) is 10.6. The van der Waals surface area contributed by atoms with E-state index in [-0.39, 0.29) is 0 Å². The third-order valence-corrected chi connectivity index (χ3v) is 3.32. The van der Waals surface area contributed by atoms with Crippen LogP contribution in [0.15, 0.2) is 24.3 Å². The number of carboxylic acids is 1. The molecule has 4 nitrogen and oxygen atoms in total. The molecule has 1 aliphatic heterocycles. The number of carbonyl (C=O) groups is 1. The van der Waals surface area contributed by atoms with Gasteiger partial charge in [0.25, 0.3) is 0 Å². The summed E-state index contributed by atoms with van der Waals surface area (Å²) in [4.78, 5) is 13.4. The van der Waals surface area contributed by atoms with Gasteiger partial charge in [-0.15, -0.1) is 0 Å². The van der Waals surface area contributed by atoms with E-state index in [1.165, 1.54) is 5.56 Å². The lowest BCUT2D eigenvalue weighted by Gasteiger charge is -2.32. The third-order valence-electron chi connectivity index (χ3n) is 3.32. The zero-order chi connectivity index (χ0) is 13.0. The summed E-state index contributed by atoms with van der Waals surface area (Å²) in [5.41, 5.74) is 2.26. The van der Waals surface area contributed by atoms with Gasteiger partial charge in [-0.1, -0.05) is 29.8 Å². The predicted octanol–water partition coefficient (Wildman–Crippen LogP) is 1.32. The molecular weight excluding hydrogens is 230 g/mol. The molecule has 0 bridgehead atoms. The molecule has 0 spiro atoms. The van der Waals surface area contributed by atoms with Gasteiger partial charge in [0.05, 0.1) is 13.2 Å². The Bertz CT molecular complexity index is 396. The largest absolute Gasteiger partial charge is 0.480 e. The van der Waals surface area contributed by atoms with Crippen LogP contribution < -0.4 is 0 Å². The number of hydrogen-bond acceptors (Lipinski definition) is 3. The number of nitrogens with zero attached hydrogens (tertiary/aromatic N) is 1. The molecule has 1 N–H and O–H groups in total. The van der Waals surface area contributed by atoms with Gasteiger partial charge in [0.2, 0.25) is 0 Å². The van der Waals surface area contributed by atoms with E-state index in [1.807, 2.05) is 36.1 Å². The SMILES string of the molecule is Cc1ccc(CC(C(=O)O)N2CCOCC2)cc1. The van der Waals surface area contributed by atoms with Crippen LogP contribution in [-0.4, -0.2) is 48.3 Å². The summed E-state index contributed by atoms with van der Waals surface area (Å²) in [5, 5.41) is 9.36. The van der Waals surface area contributed by atoms with E-state index in [0.29, 0.717) is 32.7 Å². The molecule has 1 aliphatic rings. The molecule has 2 rings (SSSR count). The summed E-state index contributed by atoms with van der Waals surface area (Å²) >= 11 is 0. The highest BCUT2D eigenvalue weighted by Crippen LogP contribution is 2.12. The molecule has 1 aromatic carbocycles. The van der Waals surface area contributed by atoms with Crippen LogP contribution >= 0.6 is 0 Å². The Morgan fingerprint density at radius 1 is 1.33 bits per heavy atom. The predicted molar refractivity (Wildman–Crippen MR) is 68.7 cm³/mol. The lowest BCUT2D eigenvalue weighted by Crippen LogP contribution is -2.48. The van der Waals surface area contributed by atoms with Crippen molar-refractivity contribution in [2.75, 3.05) is 26.3 Å². The van der Waals surface area contributed by atoms with E-state index in [0.717, 1.165) is 5.56 Å². The summed E-state index contributed by atoms with van der Waals surface area (Å²) in [7, 11) is 0. The number of hydrogen-bond donors (Lipinski definition) is 1. The van der Waals surface area contributed by atoms with E-state index >= 15 is 0 Å². The van der Waals surface area contributed by atoms with Crippen molar-refractivity contribution in [3.63, 3.8) is 0 Å². The van der Waals surface area contributed by atoms with Crippen molar-refractivity contribution in [1.29, 1.82) is 0 Å². The minimum absolute atomic E-state index is 0.448. The number of aliphatic carboxylic acids is 1. The zero-order valence-corrected chi connectivity index (χ0v) is 10.6. The minimum Gasteiger partial charge on any atom is -0.480 e. The smallest absolute Gasteiger partial charge is 0.321 e. The molecule has 1 heterocycles. The molecule has 1 fully saturated rings. The second kappa shape index (κ2) is 5.98. The van der Waals surface area contributed by atoms with Gasteiger partial charge >= 0.3 is 5.97 Å². The van der Waals surface area contributed by atoms with Gasteiger partial charge in [-0.05, 0) is 18.9 Å². The van der Waals surface area contributed by atoms with Crippen molar-refractivity contribution in [3.05, 3.63) is 35.4 Å². The Morgan fingerprint density at radius 2 is 1.94 bits per heavy atom. The summed E-state index contributed by atoms with van der Waals surface area (Å²) in [6.45, 7) is 4.67. The first-order chi connectivity index (χ1) is 8.66. The molecule has 1 atom stereocenters. The van der Waals surface area contributed by atoms with Gasteiger partial charge < -0.3 is 9.84 Å². The number of ether oxygens (including phenoxy) is 1. The fourth-order valence-electron chi connectivity index (χ4n) is 2.21. The van der Waals surface area contributed by atoms with E-state index < -0.39 is 12.0 Å². The number of aryl methyl sites for hydroxylation is 1. The lowest BCUT2D eigenvalue weighted by molar-refractivity contribution is -0.145. The topological polar surface area (TPSA) is 49.8 Å². The average molecular weight is 249 g/mol. The van der Waals surface area contributed by atoms with Crippen LogP contribution in [0.4, 0.5) is 0 Å². The second-order valence-electron chi connectivity index (χ2n) is 4.69. The van der Waals surface area contributed by atoms with E-state index in [1.54, 1.807) is 0 Å². The molecular formula is C14H19NO3. The first-order valence-corrected chi connectivity index (χ1v) is 6.27. The van der Waals surface area contributed by atoms with Gasteiger partial charge in [0.1, 0.15) is 6.04 Å². The van der Waals surface area contributed by atoms with Gasteiger partial charge in [0, 0.05) is 13.1 Å². The maximum Gasteiger partial charge on any atom is 0.321 e. The minimum atomic E-state index is -0.752. The van der Waals surface area contributed by atoms with Crippen LogP contribution in [-0.2, 0) is 16.0 Å². The van der Waals surface area contributed by atoms with Crippen molar-refractivity contribution in [2.45, 2.75) is 19.4 Å². The van der Waals surface area contributed by atoms with Crippen LogP contribution in [0.5, 0.6) is 0 Å². The van der Waals surface area contributed by atoms with Crippen LogP contribution in [0, 0.1) is 6.92 Å². The van der Waals surface area contributed by atoms with Crippen molar-refractivity contribution in [1.82, 2.24) is 4.90 Å². The van der Waals surface area contributed by atoms with Crippen LogP contribution in [0.1, 0.15) is 11.1 Å². The molecule has 1 saturated heterocycles. The molecule has 0 aromatic heterocycles. The number of rotatable bonds is 4. The van der Waals surface area contributed by atoms with Gasteiger partial charge in [-0.25, -0.2) is 0 Å². The highest BCUT2D eigenvalue weighted by molar-refractivity contribution is 5.74. The second-order valence-corrected chi connectivity index (χ2v) is 4.69. The maximum atomic E-state index is 11.4. The lowest BCUT2D eigenvalue weighted by atomic mass is 10.0. The molecule has 4 heteroatoms. The van der Waals surface area contributed by atoms with E-state index in [4.69, 9.17) is 4.74 Å². The Balaban J connectivity index is 2.05. The Kier molecular flexibility index (Phi) is 4.33. The van der Waals surface area contributed by atoms with Crippen molar-refractivity contribution < 1.29 is 14.6 Å².